The Kier molecular flexibility index (Phi) is 5.27. The van der Waals surface area contributed by atoms with Gasteiger partial charge in [-0.05, 0) is 18.2 Å². The molecule has 0 aliphatic carbocycles. The third-order valence-corrected chi connectivity index (χ3v) is 4.70. The summed E-state index contributed by atoms with van der Waals surface area (Å²) in [6, 6.07) is 5.06. The summed E-state index contributed by atoms with van der Waals surface area (Å²) in [5, 5.41) is 0.862. The number of hydrogen-bond donors (Lipinski definition) is 0. The van der Waals surface area contributed by atoms with Crippen molar-refractivity contribution < 1.29 is 14.3 Å². The van der Waals surface area contributed by atoms with Crippen LogP contribution in [0.2, 0.25) is 10.0 Å². The first-order valence-electron chi connectivity index (χ1n) is 5.70. The Morgan fingerprint density at radius 1 is 1.43 bits per heavy atom. The zero-order valence-corrected chi connectivity index (χ0v) is 13.9. The first kappa shape index (κ1) is 16.3. The van der Waals surface area contributed by atoms with Gasteiger partial charge < -0.3 is 4.74 Å². The third-order valence-electron chi connectivity index (χ3n) is 2.66. The molecule has 0 unspecified atom stereocenters. The second kappa shape index (κ2) is 6.79. The van der Waals surface area contributed by atoms with Gasteiger partial charge in [0, 0.05) is 15.6 Å². The fraction of sp³-hybridized carbons (Fsp3) is 0.154. The molecule has 1 saturated heterocycles. The quantitative estimate of drug-likeness (QED) is 0.469. The summed E-state index contributed by atoms with van der Waals surface area (Å²) in [6.07, 6.45) is 1.57. The number of carbonyl (C=O) groups excluding carboxylic acids is 2. The highest BCUT2D eigenvalue weighted by Gasteiger charge is 2.33. The minimum atomic E-state index is -0.539. The van der Waals surface area contributed by atoms with Crippen LogP contribution in [0.4, 0.5) is 0 Å². The van der Waals surface area contributed by atoms with Gasteiger partial charge in [0.25, 0.3) is 5.91 Å². The highest BCUT2D eigenvalue weighted by Crippen LogP contribution is 2.35. The summed E-state index contributed by atoms with van der Waals surface area (Å²) in [7, 11) is 1.25. The van der Waals surface area contributed by atoms with Crippen molar-refractivity contribution in [2.75, 3.05) is 13.7 Å². The number of rotatable bonds is 3. The minimum Gasteiger partial charge on any atom is -0.468 e. The van der Waals surface area contributed by atoms with Crippen LogP contribution < -0.4 is 0 Å². The standard InChI is InChI=1S/C13H9Cl2NO3S2/c1-19-11(17)6-16-12(18)10(21-13(16)20)5-7-8(14)3-2-4-9(7)15/h2-5H,6H2,1H3. The van der Waals surface area contributed by atoms with Crippen LogP contribution in [-0.2, 0) is 14.3 Å². The first-order chi connectivity index (χ1) is 9.93. The molecule has 0 saturated carbocycles. The number of amides is 1. The molecule has 110 valence electrons. The lowest BCUT2D eigenvalue weighted by molar-refractivity contribution is -0.143. The monoisotopic (exact) mass is 361 g/mol. The van der Waals surface area contributed by atoms with E-state index < -0.39 is 5.97 Å². The zero-order chi connectivity index (χ0) is 15.6. The minimum absolute atomic E-state index is 0.214. The van der Waals surface area contributed by atoms with Crippen molar-refractivity contribution in [3.8, 4) is 0 Å². The van der Waals surface area contributed by atoms with Gasteiger partial charge in [-0.3, -0.25) is 14.5 Å². The molecule has 1 aromatic carbocycles. The maximum Gasteiger partial charge on any atom is 0.325 e. The predicted octanol–water partition coefficient (Wildman–Crippen LogP) is 3.37. The van der Waals surface area contributed by atoms with E-state index >= 15 is 0 Å². The molecule has 1 aliphatic rings. The molecule has 4 nitrogen and oxygen atoms in total. The average molecular weight is 362 g/mol. The SMILES string of the molecule is COC(=O)CN1C(=O)C(=Cc2c(Cl)cccc2Cl)SC1=S. The summed E-state index contributed by atoms with van der Waals surface area (Å²) in [5.74, 6) is -0.908. The van der Waals surface area contributed by atoms with Crippen molar-refractivity contribution in [2.45, 2.75) is 0 Å². The first-order valence-corrected chi connectivity index (χ1v) is 7.68. The second-order valence-electron chi connectivity index (χ2n) is 3.98. The van der Waals surface area contributed by atoms with Crippen molar-refractivity contribution in [3.05, 3.63) is 38.7 Å². The number of nitrogens with zero attached hydrogens (tertiary/aromatic N) is 1. The van der Waals surface area contributed by atoms with E-state index in [9.17, 15) is 9.59 Å². The van der Waals surface area contributed by atoms with E-state index in [1.165, 1.54) is 12.0 Å². The number of hydrogen-bond acceptors (Lipinski definition) is 5. The molecule has 0 N–H and O–H groups in total. The normalized spacial score (nSPS) is 16.7. The van der Waals surface area contributed by atoms with Crippen molar-refractivity contribution in [3.63, 3.8) is 0 Å². The average Bonchev–Trinajstić information content (AvgIpc) is 2.70. The summed E-state index contributed by atoms with van der Waals surface area (Å²) >= 11 is 18.3. The van der Waals surface area contributed by atoms with Gasteiger partial charge in [0.1, 0.15) is 10.9 Å². The zero-order valence-electron chi connectivity index (χ0n) is 10.8. The number of methoxy groups -OCH3 is 1. The van der Waals surface area contributed by atoms with E-state index in [1.807, 2.05) is 0 Å². The Morgan fingerprint density at radius 2 is 2.05 bits per heavy atom. The number of benzene rings is 1. The number of thioether (sulfide) groups is 1. The summed E-state index contributed by atoms with van der Waals surface area (Å²) in [6.45, 7) is -0.214. The van der Waals surface area contributed by atoms with Crippen LogP contribution in [0, 0.1) is 0 Å². The van der Waals surface area contributed by atoms with Gasteiger partial charge >= 0.3 is 5.97 Å². The van der Waals surface area contributed by atoms with Crippen molar-refractivity contribution in [1.82, 2.24) is 4.90 Å². The molecule has 1 heterocycles. The van der Waals surface area contributed by atoms with Crippen molar-refractivity contribution >= 4 is 69.5 Å². The van der Waals surface area contributed by atoms with Gasteiger partial charge in [-0.25, -0.2) is 0 Å². The molecule has 0 radical (unpaired) electrons. The molecule has 21 heavy (non-hydrogen) atoms. The Bertz CT molecular complexity index is 641. The van der Waals surface area contributed by atoms with Crippen molar-refractivity contribution in [1.29, 1.82) is 0 Å². The molecule has 0 bridgehead atoms. The molecular weight excluding hydrogens is 353 g/mol. The van der Waals surface area contributed by atoms with Gasteiger partial charge in [0.15, 0.2) is 0 Å². The van der Waals surface area contributed by atoms with E-state index in [0.29, 0.717) is 24.8 Å². The van der Waals surface area contributed by atoms with Crippen LogP contribution in [-0.4, -0.2) is 34.8 Å². The molecule has 2 rings (SSSR count). The molecule has 1 fully saturated rings. The smallest absolute Gasteiger partial charge is 0.325 e. The number of halogens is 2. The predicted molar refractivity (Wildman–Crippen MR) is 88.4 cm³/mol. The van der Waals surface area contributed by atoms with E-state index in [-0.39, 0.29) is 12.5 Å². The molecule has 0 atom stereocenters. The molecule has 1 amide bonds. The maximum atomic E-state index is 12.2. The van der Waals surface area contributed by atoms with Crippen LogP contribution >= 0.6 is 47.2 Å². The highest BCUT2D eigenvalue weighted by atomic mass is 35.5. The number of carbonyl (C=O) groups is 2. The lowest BCUT2D eigenvalue weighted by Gasteiger charge is -2.11. The number of ether oxygens (including phenoxy) is 1. The maximum absolute atomic E-state index is 12.2. The van der Waals surface area contributed by atoms with Gasteiger partial charge in [-0.1, -0.05) is 53.2 Å². The Morgan fingerprint density at radius 3 is 2.62 bits per heavy atom. The van der Waals surface area contributed by atoms with Crippen molar-refractivity contribution in [2.24, 2.45) is 0 Å². The Hall–Kier alpha value is -1.08. The molecular formula is C13H9Cl2NO3S2. The fourth-order valence-corrected chi connectivity index (χ4v) is 3.35. The Balaban J connectivity index is 2.30. The highest BCUT2D eigenvalue weighted by molar-refractivity contribution is 8.26. The lowest BCUT2D eigenvalue weighted by Crippen LogP contribution is -2.33. The fourth-order valence-electron chi connectivity index (χ4n) is 1.61. The summed E-state index contributed by atoms with van der Waals surface area (Å²) in [4.78, 5) is 25.1. The largest absolute Gasteiger partial charge is 0.468 e. The molecule has 1 aromatic rings. The van der Waals surface area contributed by atoms with Crippen LogP contribution in [0.3, 0.4) is 0 Å². The third kappa shape index (κ3) is 3.58. The molecule has 0 spiro atoms. The summed E-state index contributed by atoms with van der Waals surface area (Å²) < 4.78 is 4.83. The number of esters is 1. The van der Waals surface area contributed by atoms with E-state index in [4.69, 9.17) is 35.4 Å². The van der Waals surface area contributed by atoms with Crippen LogP contribution in [0.25, 0.3) is 6.08 Å². The van der Waals surface area contributed by atoms with Gasteiger partial charge in [-0.15, -0.1) is 0 Å². The van der Waals surface area contributed by atoms with Crippen LogP contribution in [0.15, 0.2) is 23.1 Å². The van der Waals surface area contributed by atoms with Gasteiger partial charge in [0.2, 0.25) is 0 Å². The Labute approximate surface area is 141 Å². The van der Waals surface area contributed by atoms with E-state index in [0.717, 1.165) is 11.8 Å². The van der Waals surface area contributed by atoms with Gasteiger partial charge in [0.05, 0.1) is 12.0 Å². The lowest BCUT2D eigenvalue weighted by atomic mass is 10.2. The van der Waals surface area contributed by atoms with Crippen LogP contribution in [0.1, 0.15) is 5.56 Å². The molecule has 1 aliphatic heterocycles. The van der Waals surface area contributed by atoms with Gasteiger partial charge in [-0.2, -0.15) is 0 Å². The molecule has 0 aromatic heterocycles. The number of thiocarbonyl (C=S) groups is 1. The summed E-state index contributed by atoms with van der Waals surface area (Å²) in [5.41, 5.74) is 0.541. The van der Waals surface area contributed by atoms with Crippen LogP contribution in [0.5, 0.6) is 0 Å². The van der Waals surface area contributed by atoms with E-state index in [1.54, 1.807) is 24.3 Å². The molecule has 8 heteroatoms. The second-order valence-corrected chi connectivity index (χ2v) is 6.47. The van der Waals surface area contributed by atoms with E-state index in [2.05, 4.69) is 4.74 Å². The topological polar surface area (TPSA) is 46.6 Å².